The fourth-order valence-corrected chi connectivity index (χ4v) is 4.63. The Morgan fingerprint density at radius 1 is 1.06 bits per heavy atom. The Hall–Kier alpha value is -4.42. The molecule has 0 aliphatic rings. The first-order valence-electron chi connectivity index (χ1n) is 11.0. The van der Waals surface area contributed by atoms with E-state index in [2.05, 4.69) is 31.2 Å². The molecule has 1 unspecified atom stereocenters. The number of fused-ring (bicyclic) bond motifs is 1. The van der Waals surface area contributed by atoms with Crippen molar-refractivity contribution in [2.24, 2.45) is 0 Å². The number of thioether (sulfide) groups is 1. The fraction of sp³-hybridized carbons (Fsp3) is 0.115. The number of para-hydroxylation sites is 2. The van der Waals surface area contributed by atoms with Gasteiger partial charge in [-0.25, -0.2) is 4.98 Å². The van der Waals surface area contributed by atoms with Gasteiger partial charge in [0.25, 0.3) is 0 Å². The maximum Gasteiger partial charge on any atom is 0.192 e. The van der Waals surface area contributed by atoms with Gasteiger partial charge in [0.05, 0.1) is 22.8 Å². The van der Waals surface area contributed by atoms with Crippen LogP contribution < -0.4 is 0 Å². The largest absolute Gasteiger partial charge is 0.510 e. The first-order valence-corrected chi connectivity index (χ1v) is 11.8. The van der Waals surface area contributed by atoms with E-state index in [1.165, 1.54) is 11.8 Å². The van der Waals surface area contributed by atoms with Gasteiger partial charge in [0, 0.05) is 18.0 Å². The van der Waals surface area contributed by atoms with Crippen LogP contribution in [0.3, 0.4) is 0 Å². The molecule has 0 radical (unpaired) electrons. The molecule has 1 atom stereocenters. The average molecular weight is 480 g/mol. The van der Waals surface area contributed by atoms with Crippen molar-refractivity contribution < 1.29 is 5.11 Å². The van der Waals surface area contributed by atoms with Crippen molar-refractivity contribution in [3.8, 4) is 17.5 Å². The molecule has 5 aromatic rings. The van der Waals surface area contributed by atoms with E-state index in [0.29, 0.717) is 23.4 Å². The molecule has 5 rings (SSSR count). The van der Waals surface area contributed by atoms with Gasteiger partial charge >= 0.3 is 0 Å². The predicted molar refractivity (Wildman–Crippen MR) is 135 cm³/mol. The number of aromatic amines is 1. The van der Waals surface area contributed by atoms with Gasteiger partial charge in [-0.2, -0.15) is 5.26 Å². The van der Waals surface area contributed by atoms with Crippen molar-refractivity contribution in [3.05, 3.63) is 96.3 Å². The fourth-order valence-electron chi connectivity index (χ4n) is 3.72. The van der Waals surface area contributed by atoms with E-state index < -0.39 is 5.25 Å². The van der Waals surface area contributed by atoms with Crippen LogP contribution in [0.1, 0.15) is 18.3 Å². The van der Waals surface area contributed by atoms with Crippen molar-refractivity contribution in [1.29, 1.82) is 5.26 Å². The second-order valence-corrected chi connectivity index (χ2v) is 9.16. The monoisotopic (exact) mass is 479 g/mol. The van der Waals surface area contributed by atoms with Crippen LogP contribution in [0.15, 0.2) is 90.0 Å². The van der Waals surface area contributed by atoms with Gasteiger partial charge in [0.1, 0.15) is 17.4 Å². The van der Waals surface area contributed by atoms with E-state index in [-0.39, 0.29) is 11.3 Å². The molecule has 172 valence electrons. The molecule has 0 aliphatic carbocycles. The number of benzene rings is 2. The van der Waals surface area contributed by atoms with Gasteiger partial charge in [-0.15, -0.1) is 10.2 Å². The molecule has 2 N–H and O–H groups in total. The number of pyridine rings is 1. The van der Waals surface area contributed by atoms with Crippen molar-refractivity contribution in [3.63, 3.8) is 0 Å². The lowest BCUT2D eigenvalue weighted by molar-refractivity contribution is 0.401. The molecule has 0 amide bonds. The van der Waals surface area contributed by atoms with Crippen molar-refractivity contribution in [1.82, 2.24) is 29.7 Å². The van der Waals surface area contributed by atoms with E-state index in [1.54, 1.807) is 12.4 Å². The number of nitriles is 1. The molecule has 0 spiro atoms. The number of allylic oxidation sites excluding steroid dienone is 1. The van der Waals surface area contributed by atoms with Gasteiger partial charge in [0.2, 0.25) is 0 Å². The smallest absolute Gasteiger partial charge is 0.192 e. The summed E-state index contributed by atoms with van der Waals surface area (Å²) in [5.74, 6) is 0.963. The zero-order chi connectivity index (χ0) is 24.2. The Balaban J connectivity index is 1.50. The van der Waals surface area contributed by atoms with Crippen LogP contribution >= 0.6 is 11.8 Å². The Bertz CT molecular complexity index is 1500. The number of aliphatic hydroxyl groups excluding tert-OH is 1. The van der Waals surface area contributed by atoms with Crippen LogP contribution in [0.25, 0.3) is 28.0 Å². The summed E-state index contributed by atoms with van der Waals surface area (Å²) in [4.78, 5) is 11.7. The van der Waals surface area contributed by atoms with E-state index >= 15 is 0 Å². The summed E-state index contributed by atoms with van der Waals surface area (Å²) in [5, 5.41) is 29.9. The summed E-state index contributed by atoms with van der Waals surface area (Å²) in [6.45, 7) is 2.38. The number of nitrogens with one attached hydrogen (secondary N) is 1. The highest BCUT2D eigenvalue weighted by Crippen LogP contribution is 2.32. The van der Waals surface area contributed by atoms with Crippen molar-refractivity contribution in [2.45, 2.75) is 23.9 Å². The Labute approximate surface area is 206 Å². The number of imidazole rings is 1. The highest BCUT2D eigenvalue weighted by atomic mass is 32.2. The third-order valence-corrected chi connectivity index (χ3v) is 6.59. The number of hydrogen-bond acceptors (Lipinski definition) is 7. The van der Waals surface area contributed by atoms with E-state index in [4.69, 9.17) is 0 Å². The van der Waals surface area contributed by atoms with Crippen LogP contribution in [0.4, 0.5) is 0 Å². The Morgan fingerprint density at radius 3 is 2.54 bits per heavy atom. The molecular formula is C26H21N7OS. The predicted octanol–water partition coefficient (Wildman–Crippen LogP) is 5.24. The van der Waals surface area contributed by atoms with Crippen LogP contribution in [0.5, 0.6) is 0 Å². The van der Waals surface area contributed by atoms with Crippen LogP contribution in [-0.4, -0.2) is 40.1 Å². The van der Waals surface area contributed by atoms with Crippen LogP contribution in [0.2, 0.25) is 0 Å². The minimum Gasteiger partial charge on any atom is -0.510 e. The first-order chi connectivity index (χ1) is 17.1. The normalized spacial score (nSPS) is 12.8. The van der Waals surface area contributed by atoms with E-state index in [1.807, 2.05) is 78.2 Å². The summed E-state index contributed by atoms with van der Waals surface area (Å²) in [7, 11) is 0. The van der Waals surface area contributed by atoms with Crippen molar-refractivity contribution >= 4 is 28.4 Å². The lowest BCUT2D eigenvalue weighted by Crippen LogP contribution is -2.09. The number of aromatic nitrogens is 6. The highest BCUT2D eigenvalue weighted by Gasteiger charge is 2.23. The molecule has 2 aromatic carbocycles. The molecule has 3 heterocycles. The lowest BCUT2D eigenvalue weighted by Gasteiger charge is -2.14. The summed E-state index contributed by atoms with van der Waals surface area (Å²) in [5.41, 5.74) is 3.62. The maximum atomic E-state index is 11.0. The number of H-pyrrole nitrogens is 1. The Kier molecular flexibility index (Phi) is 6.28. The lowest BCUT2D eigenvalue weighted by atomic mass is 10.2. The van der Waals surface area contributed by atoms with Crippen molar-refractivity contribution in [2.75, 3.05) is 0 Å². The first kappa shape index (κ1) is 22.4. The van der Waals surface area contributed by atoms with Gasteiger partial charge in [-0.1, -0.05) is 54.2 Å². The number of aliphatic hydroxyl groups is 1. The Morgan fingerprint density at radius 2 is 1.80 bits per heavy atom. The summed E-state index contributed by atoms with van der Waals surface area (Å²) >= 11 is 1.33. The average Bonchev–Trinajstić information content (AvgIpc) is 3.49. The molecule has 0 saturated heterocycles. The number of nitrogens with zero attached hydrogens (tertiary/aromatic N) is 6. The summed E-state index contributed by atoms with van der Waals surface area (Å²) in [6.07, 6.45) is 3.43. The van der Waals surface area contributed by atoms with E-state index in [0.717, 1.165) is 22.2 Å². The second kappa shape index (κ2) is 9.83. The third kappa shape index (κ3) is 4.65. The quantitative estimate of drug-likeness (QED) is 0.186. The molecule has 0 fully saturated rings. The van der Waals surface area contributed by atoms with Gasteiger partial charge in [-0.05, 0) is 36.8 Å². The highest BCUT2D eigenvalue weighted by molar-refractivity contribution is 7.99. The topological polar surface area (TPSA) is 116 Å². The van der Waals surface area contributed by atoms with Crippen LogP contribution in [0, 0.1) is 11.3 Å². The molecule has 0 bridgehead atoms. The van der Waals surface area contributed by atoms with E-state index in [9.17, 15) is 10.4 Å². The zero-order valence-electron chi connectivity index (χ0n) is 18.8. The molecule has 35 heavy (non-hydrogen) atoms. The molecular weight excluding hydrogens is 458 g/mol. The standard InChI is InChI=1S/C26H21N7OS/c1-17(23(34)20(15-27)24-29-21-9-5-6-10-22(21)30-24)35-26-32-31-25(19-11-13-28-14-12-19)33(26)16-18-7-3-2-4-8-18/h2-14,17,34H,16H2,1H3,(H,29,30)/b23-20-. The summed E-state index contributed by atoms with van der Waals surface area (Å²) < 4.78 is 2.01. The number of hydrogen-bond donors (Lipinski definition) is 2. The maximum absolute atomic E-state index is 11.0. The zero-order valence-corrected chi connectivity index (χ0v) is 19.6. The molecule has 9 heteroatoms. The minimum atomic E-state index is -0.470. The molecule has 0 aliphatic heterocycles. The number of rotatable bonds is 7. The second-order valence-electron chi connectivity index (χ2n) is 7.85. The minimum absolute atomic E-state index is 0.0729. The SMILES string of the molecule is CC(Sc1nnc(-c2ccncc2)n1Cc1ccccc1)/C(O)=C(\C#N)c1nc2ccccc2[nH]1. The molecule has 3 aromatic heterocycles. The molecule has 0 saturated carbocycles. The molecule has 8 nitrogen and oxygen atoms in total. The van der Waals surface area contributed by atoms with Crippen LogP contribution in [-0.2, 0) is 6.54 Å². The van der Waals surface area contributed by atoms with Gasteiger partial charge in [0.15, 0.2) is 16.8 Å². The third-order valence-electron chi connectivity index (χ3n) is 5.50. The van der Waals surface area contributed by atoms with Gasteiger partial charge < -0.3 is 10.1 Å². The van der Waals surface area contributed by atoms with Gasteiger partial charge in [-0.3, -0.25) is 9.55 Å². The summed E-state index contributed by atoms with van der Waals surface area (Å²) in [6, 6.07) is 23.4.